The van der Waals surface area contributed by atoms with Crippen molar-refractivity contribution in [3.05, 3.63) is 0 Å². The number of hydrogen-bond donors (Lipinski definition) is 1. The van der Waals surface area contributed by atoms with Crippen molar-refractivity contribution >= 4 is 10.1 Å². The largest absolute Gasteiger partial charge is 0.384 e. The molecule has 13 heavy (non-hydrogen) atoms. The third kappa shape index (κ3) is 2.93. The van der Waals surface area contributed by atoms with E-state index >= 15 is 0 Å². The first kappa shape index (κ1) is 10.9. The molecule has 1 fully saturated rings. The zero-order valence-electron chi connectivity index (χ0n) is 7.93. The second kappa shape index (κ2) is 3.94. The average molecular weight is 208 g/mol. The lowest BCUT2D eigenvalue weighted by Gasteiger charge is -2.20. The topological polar surface area (TPSA) is 63.6 Å². The van der Waals surface area contributed by atoms with E-state index in [1.807, 2.05) is 0 Å². The third-order valence-electron chi connectivity index (χ3n) is 2.66. The van der Waals surface area contributed by atoms with Crippen LogP contribution >= 0.6 is 0 Å². The Labute approximate surface area is 79.0 Å². The highest BCUT2D eigenvalue weighted by atomic mass is 32.2. The standard InChI is InChI=1S/C8H16O4S/c1-6(13(9,10)11)8(5-12-2)7-3-4-7/h6-8H,3-5H2,1-2H3,(H,9,10,11)/t6-,8-/m0/s1. The Morgan fingerprint density at radius 3 is 2.38 bits per heavy atom. The smallest absolute Gasteiger partial charge is 0.267 e. The van der Waals surface area contributed by atoms with E-state index in [2.05, 4.69) is 0 Å². The lowest BCUT2D eigenvalue weighted by Crippen LogP contribution is -2.31. The van der Waals surface area contributed by atoms with Crippen LogP contribution in [0.4, 0.5) is 0 Å². The molecule has 0 amide bonds. The van der Waals surface area contributed by atoms with Crippen LogP contribution in [0.2, 0.25) is 0 Å². The Morgan fingerprint density at radius 2 is 2.08 bits per heavy atom. The molecule has 2 atom stereocenters. The molecule has 0 bridgehead atoms. The van der Waals surface area contributed by atoms with Crippen molar-refractivity contribution < 1.29 is 17.7 Å². The summed E-state index contributed by atoms with van der Waals surface area (Å²) in [6, 6.07) is 0. The highest BCUT2D eigenvalue weighted by Crippen LogP contribution is 2.40. The van der Waals surface area contributed by atoms with Gasteiger partial charge in [-0.25, -0.2) is 0 Å². The summed E-state index contributed by atoms with van der Waals surface area (Å²) in [5, 5.41) is -0.708. The van der Waals surface area contributed by atoms with Crippen molar-refractivity contribution in [1.82, 2.24) is 0 Å². The first-order chi connectivity index (χ1) is 5.96. The second-order valence-corrected chi connectivity index (χ2v) is 5.45. The van der Waals surface area contributed by atoms with Gasteiger partial charge in [0, 0.05) is 13.0 Å². The van der Waals surface area contributed by atoms with Crippen LogP contribution in [0.15, 0.2) is 0 Å². The van der Waals surface area contributed by atoms with Crippen LogP contribution in [0, 0.1) is 11.8 Å². The van der Waals surface area contributed by atoms with E-state index in [9.17, 15) is 8.42 Å². The number of hydrogen-bond acceptors (Lipinski definition) is 3. The van der Waals surface area contributed by atoms with Gasteiger partial charge in [0.15, 0.2) is 0 Å². The summed E-state index contributed by atoms with van der Waals surface area (Å²) in [6.07, 6.45) is 2.10. The van der Waals surface area contributed by atoms with Gasteiger partial charge < -0.3 is 4.74 Å². The van der Waals surface area contributed by atoms with Crippen molar-refractivity contribution in [2.75, 3.05) is 13.7 Å². The first-order valence-corrected chi connectivity index (χ1v) is 5.92. The van der Waals surface area contributed by atoms with Gasteiger partial charge in [0.25, 0.3) is 10.1 Å². The fourth-order valence-corrected chi connectivity index (χ4v) is 2.34. The lowest BCUT2D eigenvalue weighted by atomic mass is 10.0. The summed E-state index contributed by atoms with van der Waals surface area (Å²) in [5.41, 5.74) is 0. The van der Waals surface area contributed by atoms with Crippen LogP contribution in [-0.2, 0) is 14.9 Å². The SMILES string of the molecule is COC[C@H](C1CC1)[C@H](C)S(=O)(=O)O. The van der Waals surface area contributed by atoms with Gasteiger partial charge in [-0.05, 0) is 25.7 Å². The Morgan fingerprint density at radius 1 is 1.54 bits per heavy atom. The molecule has 1 aliphatic rings. The van der Waals surface area contributed by atoms with Crippen molar-refractivity contribution in [2.45, 2.75) is 25.0 Å². The van der Waals surface area contributed by atoms with E-state index in [-0.39, 0.29) is 5.92 Å². The highest BCUT2D eigenvalue weighted by molar-refractivity contribution is 7.86. The molecule has 1 rings (SSSR count). The van der Waals surface area contributed by atoms with Gasteiger partial charge >= 0.3 is 0 Å². The fourth-order valence-electron chi connectivity index (χ4n) is 1.59. The average Bonchev–Trinajstić information content (AvgIpc) is 2.79. The van der Waals surface area contributed by atoms with Crippen LogP contribution in [-0.4, -0.2) is 31.9 Å². The lowest BCUT2D eigenvalue weighted by molar-refractivity contribution is 0.139. The molecule has 0 saturated heterocycles. The molecule has 0 heterocycles. The Hall–Kier alpha value is -0.130. The Kier molecular flexibility index (Phi) is 3.32. The molecule has 5 heteroatoms. The van der Waals surface area contributed by atoms with Crippen LogP contribution in [0.25, 0.3) is 0 Å². The van der Waals surface area contributed by atoms with E-state index in [0.717, 1.165) is 12.8 Å². The molecular formula is C8H16O4S. The summed E-state index contributed by atoms with van der Waals surface area (Å²) >= 11 is 0. The minimum absolute atomic E-state index is 0.0556. The number of methoxy groups -OCH3 is 1. The molecule has 0 radical (unpaired) electrons. The van der Waals surface area contributed by atoms with Gasteiger partial charge in [-0.2, -0.15) is 8.42 Å². The molecule has 1 N–H and O–H groups in total. The zero-order valence-corrected chi connectivity index (χ0v) is 8.75. The minimum Gasteiger partial charge on any atom is -0.384 e. The van der Waals surface area contributed by atoms with Gasteiger partial charge in [0.2, 0.25) is 0 Å². The highest BCUT2D eigenvalue weighted by Gasteiger charge is 2.39. The van der Waals surface area contributed by atoms with Crippen LogP contribution in [0.5, 0.6) is 0 Å². The Bertz CT molecular complexity index is 255. The molecule has 78 valence electrons. The molecule has 0 aromatic heterocycles. The maximum atomic E-state index is 10.9. The maximum Gasteiger partial charge on any atom is 0.267 e. The minimum atomic E-state index is -3.91. The van der Waals surface area contributed by atoms with Gasteiger partial charge in [-0.1, -0.05) is 0 Å². The van der Waals surface area contributed by atoms with Gasteiger partial charge in [-0.3, -0.25) is 4.55 Å². The molecular weight excluding hydrogens is 192 g/mol. The zero-order chi connectivity index (χ0) is 10.1. The van der Waals surface area contributed by atoms with Crippen LogP contribution < -0.4 is 0 Å². The second-order valence-electron chi connectivity index (χ2n) is 3.68. The van der Waals surface area contributed by atoms with Crippen LogP contribution in [0.3, 0.4) is 0 Å². The normalized spacial score (nSPS) is 22.7. The first-order valence-electron chi connectivity index (χ1n) is 4.42. The summed E-state index contributed by atoms with van der Waals surface area (Å²) in [4.78, 5) is 0. The third-order valence-corrected chi connectivity index (χ3v) is 3.95. The van der Waals surface area contributed by atoms with E-state index in [1.165, 1.54) is 6.92 Å². The quantitative estimate of drug-likeness (QED) is 0.683. The van der Waals surface area contributed by atoms with Crippen molar-refractivity contribution in [3.8, 4) is 0 Å². The van der Waals surface area contributed by atoms with Crippen molar-refractivity contribution in [1.29, 1.82) is 0 Å². The monoisotopic (exact) mass is 208 g/mol. The number of rotatable bonds is 5. The van der Waals surface area contributed by atoms with Gasteiger partial charge in [-0.15, -0.1) is 0 Å². The molecule has 0 spiro atoms. The Balaban J connectivity index is 2.63. The van der Waals surface area contributed by atoms with E-state index < -0.39 is 15.4 Å². The molecule has 1 saturated carbocycles. The van der Waals surface area contributed by atoms with E-state index in [0.29, 0.717) is 12.5 Å². The predicted molar refractivity (Wildman–Crippen MR) is 49.1 cm³/mol. The molecule has 1 aliphatic carbocycles. The molecule has 0 unspecified atom stereocenters. The molecule has 0 aromatic carbocycles. The van der Waals surface area contributed by atoms with Gasteiger partial charge in [0.05, 0.1) is 11.9 Å². The van der Waals surface area contributed by atoms with E-state index in [4.69, 9.17) is 9.29 Å². The van der Waals surface area contributed by atoms with Crippen LogP contribution in [0.1, 0.15) is 19.8 Å². The summed E-state index contributed by atoms with van der Waals surface area (Å²) in [5.74, 6) is 0.358. The molecule has 0 aliphatic heterocycles. The summed E-state index contributed by atoms with van der Waals surface area (Å²) in [7, 11) is -2.36. The number of ether oxygens (including phenoxy) is 1. The van der Waals surface area contributed by atoms with Gasteiger partial charge in [0.1, 0.15) is 0 Å². The van der Waals surface area contributed by atoms with Crippen molar-refractivity contribution in [2.24, 2.45) is 11.8 Å². The fraction of sp³-hybridized carbons (Fsp3) is 1.00. The predicted octanol–water partition coefficient (Wildman–Crippen LogP) is 0.935. The maximum absolute atomic E-state index is 10.9. The molecule has 4 nitrogen and oxygen atoms in total. The molecule has 0 aromatic rings. The van der Waals surface area contributed by atoms with Crippen molar-refractivity contribution in [3.63, 3.8) is 0 Å². The summed E-state index contributed by atoms with van der Waals surface area (Å²) < 4.78 is 35.6. The van der Waals surface area contributed by atoms with E-state index in [1.54, 1.807) is 7.11 Å². The summed E-state index contributed by atoms with van der Waals surface area (Å²) in [6.45, 7) is 1.95.